The number of benzene rings is 10. The lowest BCUT2D eigenvalue weighted by Gasteiger charge is -2.22. The van der Waals surface area contributed by atoms with Gasteiger partial charge in [0.2, 0.25) is 0 Å². The van der Waals surface area contributed by atoms with Crippen molar-refractivity contribution in [3.05, 3.63) is 193 Å². The predicted octanol–water partition coefficient (Wildman–Crippen LogP) is 15.5. The second-order valence-electron chi connectivity index (χ2n) is 15.9. The minimum Gasteiger partial charge on any atom is -0.455 e. The van der Waals surface area contributed by atoms with E-state index in [4.69, 9.17) is 4.42 Å². The Morgan fingerprint density at radius 2 is 0.893 bits per heavy atom. The van der Waals surface area contributed by atoms with Gasteiger partial charge in [-0.2, -0.15) is 0 Å². The van der Waals surface area contributed by atoms with Gasteiger partial charge in [0, 0.05) is 21.8 Å². The van der Waals surface area contributed by atoms with Crippen LogP contribution in [0.4, 0.5) is 0 Å². The molecule has 1 aromatic heterocycles. The van der Waals surface area contributed by atoms with Gasteiger partial charge in [-0.05, 0) is 111 Å². The summed E-state index contributed by atoms with van der Waals surface area (Å²) in [7, 11) is 0. The quantitative estimate of drug-likeness (QED) is 0.166. The molecule has 0 amide bonds. The third-order valence-corrected chi connectivity index (χ3v) is 12.6. The molecule has 0 fully saturated rings. The van der Waals surface area contributed by atoms with Crippen LogP contribution in [0.25, 0.3) is 110 Å². The summed E-state index contributed by atoms with van der Waals surface area (Å²) in [6.07, 6.45) is 0. The monoisotopic (exact) mass is 712 g/mol. The van der Waals surface area contributed by atoms with Crippen LogP contribution in [0, 0.1) is 0 Å². The van der Waals surface area contributed by atoms with Crippen LogP contribution in [-0.4, -0.2) is 0 Å². The van der Waals surface area contributed by atoms with Gasteiger partial charge in [0.05, 0.1) is 0 Å². The molecule has 0 saturated carbocycles. The fourth-order valence-electron chi connectivity index (χ4n) is 10.1. The van der Waals surface area contributed by atoms with Crippen molar-refractivity contribution in [1.29, 1.82) is 0 Å². The lowest BCUT2D eigenvalue weighted by molar-refractivity contribution is 0.658. The van der Waals surface area contributed by atoms with Gasteiger partial charge in [-0.3, -0.25) is 0 Å². The van der Waals surface area contributed by atoms with Gasteiger partial charge in [-0.15, -0.1) is 0 Å². The first kappa shape index (κ1) is 31.4. The Balaban J connectivity index is 1.18. The van der Waals surface area contributed by atoms with E-state index in [9.17, 15) is 0 Å². The third-order valence-electron chi connectivity index (χ3n) is 12.6. The van der Waals surface area contributed by atoms with Gasteiger partial charge in [0.25, 0.3) is 0 Å². The molecule has 0 aliphatic heterocycles. The highest BCUT2D eigenvalue weighted by Gasteiger charge is 2.39. The Hall–Kier alpha value is -6.96. The van der Waals surface area contributed by atoms with Crippen LogP contribution in [0.2, 0.25) is 0 Å². The van der Waals surface area contributed by atoms with Crippen molar-refractivity contribution in [1.82, 2.24) is 0 Å². The van der Waals surface area contributed by atoms with Crippen LogP contribution in [0.1, 0.15) is 25.0 Å². The molecule has 1 aliphatic carbocycles. The predicted molar refractivity (Wildman–Crippen MR) is 238 cm³/mol. The average Bonchev–Trinajstić information content (AvgIpc) is 3.74. The Bertz CT molecular complexity index is 3390. The van der Waals surface area contributed by atoms with E-state index < -0.39 is 0 Å². The molecule has 0 radical (unpaired) electrons. The van der Waals surface area contributed by atoms with Gasteiger partial charge in [-0.25, -0.2) is 0 Å². The normalized spacial score (nSPS) is 13.3. The fraction of sp³-hybridized carbons (Fsp3) is 0.0545. The first-order valence-corrected chi connectivity index (χ1v) is 19.6. The van der Waals surface area contributed by atoms with Crippen LogP contribution in [0.15, 0.2) is 186 Å². The average molecular weight is 713 g/mol. The van der Waals surface area contributed by atoms with E-state index in [0.29, 0.717) is 0 Å². The van der Waals surface area contributed by atoms with E-state index in [0.717, 1.165) is 16.7 Å². The number of hydrogen-bond acceptors (Lipinski definition) is 1. The summed E-state index contributed by atoms with van der Waals surface area (Å²) in [5.74, 6) is 0. The Labute approximate surface area is 325 Å². The molecule has 1 aliphatic rings. The lowest BCUT2D eigenvalue weighted by atomic mass is 9.80. The second-order valence-corrected chi connectivity index (χ2v) is 15.9. The molecule has 1 heteroatoms. The number of rotatable bonds is 3. The Morgan fingerprint density at radius 1 is 0.357 bits per heavy atom. The van der Waals surface area contributed by atoms with E-state index in [1.54, 1.807) is 0 Å². The summed E-state index contributed by atoms with van der Waals surface area (Å²) in [5.41, 5.74) is 14.3. The third kappa shape index (κ3) is 4.26. The molecule has 56 heavy (non-hydrogen) atoms. The second kappa shape index (κ2) is 11.5. The largest absolute Gasteiger partial charge is 0.455 e. The summed E-state index contributed by atoms with van der Waals surface area (Å²) < 4.78 is 7.04. The zero-order chi connectivity index (χ0) is 37.1. The van der Waals surface area contributed by atoms with Crippen molar-refractivity contribution in [2.24, 2.45) is 0 Å². The molecular formula is C55H36O. The van der Waals surface area contributed by atoms with Crippen molar-refractivity contribution in [2.45, 2.75) is 19.3 Å². The van der Waals surface area contributed by atoms with Crippen molar-refractivity contribution in [2.75, 3.05) is 0 Å². The van der Waals surface area contributed by atoms with Crippen molar-refractivity contribution < 1.29 is 4.42 Å². The van der Waals surface area contributed by atoms with Crippen LogP contribution >= 0.6 is 0 Å². The van der Waals surface area contributed by atoms with E-state index in [2.05, 4.69) is 196 Å². The molecule has 1 nitrogen and oxygen atoms in total. The summed E-state index contributed by atoms with van der Waals surface area (Å²) in [5, 5.41) is 12.3. The van der Waals surface area contributed by atoms with Gasteiger partial charge < -0.3 is 4.42 Å². The molecule has 0 saturated heterocycles. The first-order chi connectivity index (χ1) is 27.6. The molecule has 1 heterocycles. The molecule has 0 unspecified atom stereocenters. The minimum absolute atomic E-state index is 0.176. The zero-order valence-electron chi connectivity index (χ0n) is 31.2. The van der Waals surface area contributed by atoms with Crippen LogP contribution < -0.4 is 0 Å². The highest BCUT2D eigenvalue weighted by Crippen LogP contribution is 2.56. The topological polar surface area (TPSA) is 13.1 Å². The van der Waals surface area contributed by atoms with E-state index in [1.165, 1.54) is 104 Å². The molecule has 10 aromatic carbocycles. The van der Waals surface area contributed by atoms with Crippen molar-refractivity contribution >= 4 is 65.0 Å². The smallest absolute Gasteiger partial charge is 0.143 e. The molecule has 0 bridgehead atoms. The van der Waals surface area contributed by atoms with Crippen LogP contribution in [0.3, 0.4) is 0 Å². The summed E-state index contributed by atoms with van der Waals surface area (Å²) in [4.78, 5) is 0. The zero-order valence-corrected chi connectivity index (χ0v) is 31.2. The van der Waals surface area contributed by atoms with E-state index in [1.807, 2.05) is 0 Å². The van der Waals surface area contributed by atoms with Gasteiger partial charge >= 0.3 is 0 Å². The lowest BCUT2D eigenvalue weighted by Crippen LogP contribution is -2.14. The molecular weight excluding hydrogens is 677 g/mol. The van der Waals surface area contributed by atoms with E-state index >= 15 is 0 Å². The number of hydrogen-bond donors (Lipinski definition) is 0. The highest BCUT2D eigenvalue weighted by atomic mass is 16.3. The van der Waals surface area contributed by atoms with E-state index in [-0.39, 0.29) is 5.41 Å². The number of fused-ring (bicyclic) bond motifs is 11. The Morgan fingerprint density at radius 3 is 1.62 bits per heavy atom. The maximum atomic E-state index is 7.04. The maximum Gasteiger partial charge on any atom is 0.143 e. The molecule has 12 rings (SSSR count). The van der Waals surface area contributed by atoms with Crippen molar-refractivity contribution in [3.8, 4) is 44.5 Å². The Kier molecular flexibility index (Phi) is 6.46. The van der Waals surface area contributed by atoms with Crippen LogP contribution in [0.5, 0.6) is 0 Å². The molecule has 0 atom stereocenters. The standard InChI is InChI=1S/C55H36O/c1-55(2)46-28-12-11-26-44(46)53-47(55)32-45-52-38-21-6-4-16-34(38)29-30-48(52)56-54(45)50(53)36-19-13-18-35(31-36)49-40-22-7-9-24-42(40)51(43-25-10-8-23-41(43)49)39-27-14-17-33-15-3-5-20-37(33)39/h3-32H,1-2H3. The molecule has 0 N–H and O–H groups in total. The van der Waals surface area contributed by atoms with Gasteiger partial charge in [-0.1, -0.05) is 178 Å². The van der Waals surface area contributed by atoms with Gasteiger partial charge in [0.15, 0.2) is 0 Å². The first-order valence-electron chi connectivity index (χ1n) is 19.6. The minimum atomic E-state index is -0.176. The molecule has 0 spiro atoms. The van der Waals surface area contributed by atoms with Crippen molar-refractivity contribution in [3.63, 3.8) is 0 Å². The highest BCUT2D eigenvalue weighted by molar-refractivity contribution is 6.25. The van der Waals surface area contributed by atoms with Gasteiger partial charge in [0.1, 0.15) is 11.2 Å². The summed E-state index contributed by atoms with van der Waals surface area (Å²) in [6.45, 7) is 4.75. The number of furan rings is 1. The molecule has 11 aromatic rings. The maximum absolute atomic E-state index is 7.04. The molecule has 262 valence electrons. The fourth-order valence-corrected chi connectivity index (χ4v) is 10.1. The summed E-state index contributed by atoms with van der Waals surface area (Å²) >= 11 is 0. The van der Waals surface area contributed by atoms with Crippen LogP contribution in [-0.2, 0) is 5.41 Å². The summed E-state index contributed by atoms with van der Waals surface area (Å²) in [6, 6.07) is 67.0. The SMILES string of the molecule is CC1(C)c2ccccc2-c2c1cc1c(oc3ccc4ccccc4c31)c2-c1cccc(-c2c3ccccc3c(-c3cccc4ccccc34)c3ccccc23)c1.